The maximum absolute atomic E-state index is 13.6. The van der Waals surface area contributed by atoms with Crippen LogP contribution in [0.3, 0.4) is 0 Å². The summed E-state index contributed by atoms with van der Waals surface area (Å²) in [6.45, 7) is 1.52. The Hall–Kier alpha value is -1.13. The highest BCUT2D eigenvalue weighted by atomic mass is 19.1. The maximum Gasteiger partial charge on any atom is 0.169 e. The third-order valence-corrected chi connectivity index (χ3v) is 2.09. The SMILES string of the molecule is COc1cccc([C@H](N)[C@H](C)O)c1F. The average Bonchev–Trinajstić information content (AvgIpc) is 2.17. The minimum Gasteiger partial charge on any atom is -0.494 e. The second kappa shape index (κ2) is 4.39. The molecule has 0 heterocycles. The fraction of sp³-hybridized carbons (Fsp3) is 0.400. The second-order valence-electron chi connectivity index (χ2n) is 3.13. The Bertz CT molecular complexity index is 315. The van der Waals surface area contributed by atoms with E-state index >= 15 is 0 Å². The van der Waals surface area contributed by atoms with Crippen LogP contribution in [0.15, 0.2) is 18.2 Å². The van der Waals surface area contributed by atoms with Crippen LogP contribution in [0.2, 0.25) is 0 Å². The molecule has 1 aromatic carbocycles. The lowest BCUT2D eigenvalue weighted by atomic mass is 10.0. The smallest absolute Gasteiger partial charge is 0.169 e. The third-order valence-electron chi connectivity index (χ3n) is 2.09. The molecule has 0 aromatic heterocycles. The van der Waals surface area contributed by atoms with Crippen LogP contribution in [0.1, 0.15) is 18.5 Å². The van der Waals surface area contributed by atoms with Gasteiger partial charge in [-0.15, -0.1) is 0 Å². The Kier molecular flexibility index (Phi) is 3.43. The zero-order valence-corrected chi connectivity index (χ0v) is 8.20. The van der Waals surface area contributed by atoms with E-state index in [0.717, 1.165) is 0 Å². The van der Waals surface area contributed by atoms with E-state index in [0.29, 0.717) is 0 Å². The van der Waals surface area contributed by atoms with E-state index in [1.807, 2.05) is 0 Å². The minimum atomic E-state index is -0.795. The van der Waals surface area contributed by atoms with Crippen LogP contribution in [0.25, 0.3) is 0 Å². The van der Waals surface area contributed by atoms with Crippen molar-refractivity contribution >= 4 is 0 Å². The Morgan fingerprint density at radius 2 is 2.14 bits per heavy atom. The third kappa shape index (κ3) is 2.02. The summed E-state index contributed by atoms with van der Waals surface area (Å²) in [6.07, 6.45) is -0.795. The van der Waals surface area contributed by atoms with Crippen molar-refractivity contribution in [1.82, 2.24) is 0 Å². The lowest BCUT2D eigenvalue weighted by molar-refractivity contribution is 0.162. The molecule has 0 unspecified atom stereocenters. The molecule has 1 rings (SSSR count). The molecule has 2 atom stereocenters. The highest BCUT2D eigenvalue weighted by Crippen LogP contribution is 2.25. The summed E-state index contributed by atoms with van der Waals surface area (Å²) in [7, 11) is 1.39. The van der Waals surface area contributed by atoms with Crippen LogP contribution in [0.5, 0.6) is 5.75 Å². The molecule has 3 N–H and O–H groups in total. The molecule has 0 aliphatic carbocycles. The first-order chi connectivity index (χ1) is 6.57. The van der Waals surface area contributed by atoms with Crippen LogP contribution in [0, 0.1) is 5.82 Å². The molecular formula is C10H14FNO2. The molecule has 0 fully saturated rings. The largest absolute Gasteiger partial charge is 0.494 e. The number of aliphatic hydroxyl groups excluding tert-OH is 1. The monoisotopic (exact) mass is 199 g/mol. The van der Waals surface area contributed by atoms with Crippen molar-refractivity contribution in [3.05, 3.63) is 29.6 Å². The van der Waals surface area contributed by atoms with E-state index in [4.69, 9.17) is 10.5 Å². The summed E-state index contributed by atoms with van der Waals surface area (Å²) in [5.74, 6) is -0.373. The van der Waals surface area contributed by atoms with Crippen LogP contribution in [-0.4, -0.2) is 18.3 Å². The first-order valence-corrected chi connectivity index (χ1v) is 4.34. The van der Waals surface area contributed by atoms with Gasteiger partial charge in [0.25, 0.3) is 0 Å². The molecule has 0 aliphatic rings. The molecule has 14 heavy (non-hydrogen) atoms. The lowest BCUT2D eigenvalue weighted by Gasteiger charge is -2.16. The van der Waals surface area contributed by atoms with Gasteiger partial charge in [-0.05, 0) is 13.0 Å². The first-order valence-electron chi connectivity index (χ1n) is 4.34. The van der Waals surface area contributed by atoms with Gasteiger partial charge in [0, 0.05) is 5.56 Å². The molecule has 0 saturated carbocycles. The average molecular weight is 199 g/mol. The fourth-order valence-electron chi connectivity index (χ4n) is 1.20. The zero-order valence-electron chi connectivity index (χ0n) is 8.20. The molecule has 1 aromatic rings. The van der Waals surface area contributed by atoms with Crippen molar-refractivity contribution in [3.8, 4) is 5.75 Å². The van der Waals surface area contributed by atoms with Crippen molar-refractivity contribution in [3.63, 3.8) is 0 Å². The Morgan fingerprint density at radius 1 is 1.50 bits per heavy atom. The van der Waals surface area contributed by atoms with E-state index in [9.17, 15) is 9.50 Å². The van der Waals surface area contributed by atoms with Crippen molar-refractivity contribution < 1.29 is 14.2 Å². The van der Waals surface area contributed by atoms with Crippen LogP contribution in [-0.2, 0) is 0 Å². The highest BCUT2D eigenvalue weighted by Gasteiger charge is 2.18. The van der Waals surface area contributed by atoms with Gasteiger partial charge in [0.1, 0.15) is 0 Å². The number of rotatable bonds is 3. The van der Waals surface area contributed by atoms with Gasteiger partial charge in [0.15, 0.2) is 11.6 Å². The molecule has 0 spiro atoms. The molecule has 0 radical (unpaired) electrons. The lowest BCUT2D eigenvalue weighted by Crippen LogP contribution is -2.24. The molecular weight excluding hydrogens is 185 g/mol. The predicted molar refractivity (Wildman–Crippen MR) is 51.6 cm³/mol. The van der Waals surface area contributed by atoms with Gasteiger partial charge in [-0.25, -0.2) is 4.39 Å². The summed E-state index contributed by atoms with van der Waals surface area (Å²) < 4.78 is 18.4. The summed E-state index contributed by atoms with van der Waals surface area (Å²) in [5.41, 5.74) is 5.88. The second-order valence-corrected chi connectivity index (χ2v) is 3.13. The summed E-state index contributed by atoms with van der Waals surface area (Å²) in [5, 5.41) is 9.23. The van der Waals surface area contributed by atoms with E-state index in [-0.39, 0.29) is 11.3 Å². The topological polar surface area (TPSA) is 55.5 Å². The number of hydrogen-bond donors (Lipinski definition) is 2. The molecule has 0 amide bonds. The Morgan fingerprint density at radius 3 is 2.64 bits per heavy atom. The van der Waals surface area contributed by atoms with Gasteiger partial charge in [-0.3, -0.25) is 0 Å². The van der Waals surface area contributed by atoms with Gasteiger partial charge in [-0.2, -0.15) is 0 Å². The number of hydrogen-bond acceptors (Lipinski definition) is 3. The van der Waals surface area contributed by atoms with Gasteiger partial charge < -0.3 is 15.6 Å². The van der Waals surface area contributed by atoms with Crippen molar-refractivity contribution in [2.45, 2.75) is 19.1 Å². The maximum atomic E-state index is 13.6. The quantitative estimate of drug-likeness (QED) is 0.769. The molecule has 0 aliphatic heterocycles. The standard InChI is InChI=1S/C10H14FNO2/c1-6(13)10(12)7-4-3-5-8(14-2)9(7)11/h3-6,10,13H,12H2,1-2H3/t6-,10+/m0/s1. The summed E-state index contributed by atoms with van der Waals surface area (Å²) >= 11 is 0. The Labute approximate surface area is 82.3 Å². The van der Waals surface area contributed by atoms with E-state index in [1.165, 1.54) is 26.2 Å². The molecule has 3 nitrogen and oxygen atoms in total. The van der Waals surface area contributed by atoms with E-state index < -0.39 is 18.0 Å². The number of benzene rings is 1. The number of methoxy groups -OCH3 is 1. The van der Waals surface area contributed by atoms with Gasteiger partial charge in [0.2, 0.25) is 0 Å². The minimum absolute atomic E-state index is 0.138. The van der Waals surface area contributed by atoms with Gasteiger partial charge in [0.05, 0.1) is 19.3 Å². The van der Waals surface area contributed by atoms with Crippen LogP contribution in [0.4, 0.5) is 4.39 Å². The molecule has 4 heteroatoms. The summed E-state index contributed by atoms with van der Waals surface area (Å²) in [6, 6.07) is 3.95. The van der Waals surface area contributed by atoms with Crippen molar-refractivity contribution in [2.75, 3.05) is 7.11 Å². The Balaban J connectivity index is 3.09. The van der Waals surface area contributed by atoms with Crippen molar-refractivity contribution in [1.29, 1.82) is 0 Å². The molecule has 0 saturated heterocycles. The van der Waals surface area contributed by atoms with E-state index in [1.54, 1.807) is 6.07 Å². The van der Waals surface area contributed by atoms with Crippen LogP contribution >= 0.6 is 0 Å². The highest BCUT2D eigenvalue weighted by molar-refractivity contribution is 5.33. The predicted octanol–water partition coefficient (Wildman–Crippen LogP) is 1.21. The first kappa shape index (κ1) is 10.9. The summed E-state index contributed by atoms with van der Waals surface area (Å²) in [4.78, 5) is 0. The number of halogens is 1. The number of aliphatic hydroxyl groups is 1. The molecule has 0 bridgehead atoms. The van der Waals surface area contributed by atoms with E-state index in [2.05, 4.69) is 0 Å². The van der Waals surface area contributed by atoms with Gasteiger partial charge in [-0.1, -0.05) is 12.1 Å². The molecule has 78 valence electrons. The van der Waals surface area contributed by atoms with Gasteiger partial charge >= 0.3 is 0 Å². The zero-order chi connectivity index (χ0) is 10.7. The van der Waals surface area contributed by atoms with Crippen LogP contribution < -0.4 is 10.5 Å². The normalized spacial score (nSPS) is 14.9. The van der Waals surface area contributed by atoms with Crippen molar-refractivity contribution in [2.24, 2.45) is 5.73 Å². The number of nitrogens with two attached hydrogens (primary N) is 1. The number of ether oxygens (including phenoxy) is 1. The fourth-order valence-corrected chi connectivity index (χ4v) is 1.20.